The molecule has 0 saturated heterocycles. The minimum Gasteiger partial charge on any atom is -0.0986 e. The average molecular weight is 250 g/mol. The fraction of sp³-hybridized carbons (Fsp3) is 0.263. The molecule has 2 aliphatic carbocycles. The Bertz CT molecular complexity index is 547. The van der Waals surface area contributed by atoms with Crippen molar-refractivity contribution in [1.29, 1.82) is 0 Å². The van der Waals surface area contributed by atoms with E-state index in [-0.39, 0.29) is 5.92 Å². The normalized spacial score (nSPS) is 22.3. The SMILES string of the molecule is C=C(CC)C1=CC(=C)C(C(=C)C2=CC=CC2)C(=C)C1. The number of hydrogen-bond donors (Lipinski definition) is 0. The fourth-order valence-corrected chi connectivity index (χ4v) is 2.76. The average Bonchev–Trinajstić information content (AvgIpc) is 2.90. The van der Waals surface area contributed by atoms with Crippen LogP contribution < -0.4 is 0 Å². The highest BCUT2D eigenvalue weighted by atomic mass is 14.3. The Kier molecular flexibility index (Phi) is 3.90. The van der Waals surface area contributed by atoms with Gasteiger partial charge in [-0.1, -0.05) is 68.7 Å². The molecule has 0 heteroatoms. The monoisotopic (exact) mass is 250 g/mol. The fourth-order valence-electron chi connectivity index (χ4n) is 2.76. The van der Waals surface area contributed by atoms with E-state index in [1.54, 1.807) is 0 Å². The van der Waals surface area contributed by atoms with Crippen molar-refractivity contribution in [2.45, 2.75) is 26.2 Å². The summed E-state index contributed by atoms with van der Waals surface area (Å²) in [6.45, 7) is 19.0. The van der Waals surface area contributed by atoms with E-state index in [2.05, 4.69) is 57.5 Å². The van der Waals surface area contributed by atoms with Crippen LogP contribution in [0.3, 0.4) is 0 Å². The molecule has 0 aromatic heterocycles. The molecule has 0 nitrogen and oxygen atoms in total. The van der Waals surface area contributed by atoms with Gasteiger partial charge >= 0.3 is 0 Å². The lowest BCUT2D eigenvalue weighted by Crippen LogP contribution is -2.15. The van der Waals surface area contributed by atoms with Gasteiger partial charge in [0.15, 0.2) is 0 Å². The van der Waals surface area contributed by atoms with Crippen LogP contribution in [0.5, 0.6) is 0 Å². The molecule has 2 aliphatic rings. The van der Waals surface area contributed by atoms with E-state index in [0.717, 1.165) is 30.4 Å². The maximum atomic E-state index is 4.27. The molecule has 0 amide bonds. The minimum absolute atomic E-state index is 0.194. The quantitative estimate of drug-likeness (QED) is 0.582. The van der Waals surface area contributed by atoms with Crippen LogP contribution in [0.2, 0.25) is 0 Å². The number of hydrogen-bond acceptors (Lipinski definition) is 0. The van der Waals surface area contributed by atoms with Crippen molar-refractivity contribution in [2.75, 3.05) is 0 Å². The highest BCUT2D eigenvalue weighted by molar-refractivity contribution is 5.53. The molecule has 19 heavy (non-hydrogen) atoms. The molecule has 0 aromatic carbocycles. The van der Waals surface area contributed by atoms with Crippen LogP contribution in [-0.2, 0) is 0 Å². The Morgan fingerprint density at radius 2 is 2.00 bits per heavy atom. The summed E-state index contributed by atoms with van der Waals surface area (Å²) in [6.07, 6.45) is 11.4. The van der Waals surface area contributed by atoms with Crippen LogP contribution in [0.15, 0.2) is 84.1 Å². The Hall–Kier alpha value is -1.82. The maximum absolute atomic E-state index is 4.27. The van der Waals surface area contributed by atoms with Gasteiger partial charge in [0.25, 0.3) is 0 Å². The molecular weight excluding hydrogens is 228 g/mol. The third kappa shape index (κ3) is 2.63. The summed E-state index contributed by atoms with van der Waals surface area (Å²) >= 11 is 0. The van der Waals surface area contributed by atoms with Crippen molar-refractivity contribution >= 4 is 0 Å². The third-order valence-electron chi connectivity index (χ3n) is 3.97. The molecule has 0 N–H and O–H groups in total. The minimum atomic E-state index is 0.194. The zero-order chi connectivity index (χ0) is 14.0. The summed E-state index contributed by atoms with van der Waals surface area (Å²) < 4.78 is 0. The first-order valence-corrected chi connectivity index (χ1v) is 6.84. The van der Waals surface area contributed by atoms with Gasteiger partial charge < -0.3 is 0 Å². The zero-order valence-electron chi connectivity index (χ0n) is 11.8. The Balaban J connectivity index is 2.23. The van der Waals surface area contributed by atoms with Crippen molar-refractivity contribution in [1.82, 2.24) is 0 Å². The van der Waals surface area contributed by atoms with Gasteiger partial charge in [-0.25, -0.2) is 0 Å². The molecule has 1 atom stereocenters. The largest absolute Gasteiger partial charge is 0.0986 e. The molecule has 0 saturated carbocycles. The van der Waals surface area contributed by atoms with Crippen LogP contribution >= 0.6 is 0 Å². The maximum Gasteiger partial charge on any atom is 0.0290 e. The molecule has 0 radical (unpaired) electrons. The molecule has 1 unspecified atom stereocenters. The van der Waals surface area contributed by atoms with Crippen molar-refractivity contribution in [3.63, 3.8) is 0 Å². The number of rotatable bonds is 4. The highest BCUT2D eigenvalue weighted by Crippen LogP contribution is 2.41. The van der Waals surface area contributed by atoms with Crippen LogP contribution in [0.4, 0.5) is 0 Å². The van der Waals surface area contributed by atoms with Gasteiger partial charge in [0.05, 0.1) is 0 Å². The van der Waals surface area contributed by atoms with Crippen molar-refractivity contribution < 1.29 is 0 Å². The van der Waals surface area contributed by atoms with Gasteiger partial charge in [0.1, 0.15) is 0 Å². The third-order valence-corrected chi connectivity index (χ3v) is 3.97. The molecule has 0 bridgehead atoms. The first-order valence-electron chi connectivity index (χ1n) is 6.84. The molecule has 0 aromatic rings. The Morgan fingerprint density at radius 1 is 1.26 bits per heavy atom. The van der Waals surface area contributed by atoms with E-state index in [9.17, 15) is 0 Å². The zero-order valence-corrected chi connectivity index (χ0v) is 11.8. The lowest BCUT2D eigenvalue weighted by molar-refractivity contribution is 0.796. The van der Waals surface area contributed by atoms with E-state index >= 15 is 0 Å². The van der Waals surface area contributed by atoms with E-state index in [1.165, 1.54) is 22.3 Å². The van der Waals surface area contributed by atoms with Crippen LogP contribution in [0.25, 0.3) is 0 Å². The second kappa shape index (κ2) is 5.44. The molecule has 0 aliphatic heterocycles. The molecule has 98 valence electrons. The van der Waals surface area contributed by atoms with Gasteiger partial charge in [-0.05, 0) is 41.6 Å². The summed E-state index contributed by atoms with van der Waals surface area (Å²) in [6, 6.07) is 0. The summed E-state index contributed by atoms with van der Waals surface area (Å²) in [5, 5.41) is 0. The molecule has 0 spiro atoms. The van der Waals surface area contributed by atoms with E-state index in [4.69, 9.17) is 0 Å². The van der Waals surface area contributed by atoms with Gasteiger partial charge in [0.2, 0.25) is 0 Å². The summed E-state index contributed by atoms with van der Waals surface area (Å²) in [5.41, 5.74) is 7.21. The second-order valence-electron chi connectivity index (χ2n) is 5.32. The van der Waals surface area contributed by atoms with E-state index in [0.29, 0.717) is 0 Å². The summed E-state index contributed by atoms with van der Waals surface area (Å²) in [7, 11) is 0. The molecule has 2 rings (SSSR count). The Morgan fingerprint density at radius 3 is 2.53 bits per heavy atom. The van der Waals surface area contributed by atoms with E-state index in [1.807, 2.05) is 0 Å². The summed E-state index contributed by atoms with van der Waals surface area (Å²) in [4.78, 5) is 0. The van der Waals surface area contributed by atoms with Crippen molar-refractivity contribution in [2.24, 2.45) is 5.92 Å². The van der Waals surface area contributed by atoms with Crippen LogP contribution in [-0.4, -0.2) is 0 Å². The van der Waals surface area contributed by atoms with E-state index < -0.39 is 0 Å². The number of allylic oxidation sites excluding steroid dienone is 10. The molecular formula is C19H22. The lowest BCUT2D eigenvalue weighted by Gasteiger charge is -2.29. The first kappa shape index (κ1) is 13.6. The molecule has 0 fully saturated rings. The smallest absolute Gasteiger partial charge is 0.0290 e. The highest BCUT2D eigenvalue weighted by Gasteiger charge is 2.26. The second-order valence-corrected chi connectivity index (χ2v) is 5.32. The standard InChI is InChI=1S/C19H22/c1-6-13(2)18-11-14(3)19(15(4)12-18)16(5)17-9-7-8-10-17/h7-9,11,19H,2-6,10,12H2,1H3. The summed E-state index contributed by atoms with van der Waals surface area (Å²) in [5.74, 6) is 0.194. The Labute approximate surface area is 116 Å². The van der Waals surface area contributed by atoms with Gasteiger partial charge in [-0.3, -0.25) is 0 Å². The van der Waals surface area contributed by atoms with Gasteiger partial charge in [-0.15, -0.1) is 0 Å². The van der Waals surface area contributed by atoms with Crippen molar-refractivity contribution in [3.8, 4) is 0 Å². The van der Waals surface area contributed by atoms with Crippen molar-refractivity contribution in [3.05, 3.63) is 84.1 Å². The topological polar surface area (TPSA) is 0 Å². The van der Waals surface area contributed by atoms with Crippen LogP contribution in [0.1, 0.15) is 26.2 Å². The van der Waals surface area contributed by atoms with Gasteiger partial charge in [-0.2, -0.15) is 0 Å². The molecule has 0 heterocycles. The van der Waals surface area contributed by atoms with Crippen LogP contribution in [0, 0.1) is 5.92 Å². The first-order chi connectivity index (χ1) is 9.04. The van der Waals surface area contributed by atoms with Gasteiger partial charge in [0, 0.05) is 5.92 Å². The lowest BCUT2D eigenvalue weighted by atomic mass is 9.75. The predicted molar refractivity (Wildman–Crippen MR) is 84.9 cm³/mol. The predicted octanol–water partition coefficient (Wildman–Crippen LogP) is 5.45.